The van der Waals surface area contributed by atoms with Gasteiger partial charge in [-0.25, -0.2) is 4.98 Å². The Morgan fingerprint density at radius 3 is 3.27 bits per heavy atom. The predicted octanol–water partition coefficient (Wildman–Crippen LogP) is 2.11. The SMILES string of the molecule is Clc1ncccc1OC[C@@H]1CCCNC1. The van der Waals surface area contributed by atoms with Crippen LogP contribution in [0.4, 0.5) is 0 Å². The first-order chi connectivity index (χ1) is 7.36. The van der Waals surface area contributed by atoms with Crippen LogP contribution in [0, 0.1) is 5.92 Å². The lowest BCUT2D eigenvalue weighted by molar-refractivity contribution is 0.218. The molecule has 15 heavy (non-hydrogen) atoms. The fraction of sp³-hybridized carbons (Fsp3) is 0.545. The van der Waals surface area contributed by atoms with Crippen LogP contribution < -0.4 is 10.1 Å². The zero-order valence-electron chi connectivity index (χ0n) is 8.58. The Hall–Kier alpha value is -0.800. The molecule has 3 nitrogen and oxygen atoms in total. The van der Waals surface area contributed by atoms with Crippen molar-refractivity contribution in [2.75, 3.05) is 19.7 Å². The van der Waals surface area contributed by atoms with E-state index in [1.165, 1.54) is 12.8 Å². The Bertz CT molecular complexity index is 313. The van der Waals surface area contributed by atoms with Crippen LogP contribution in [0.2, 0.25) is 5.15 Å². The van der Waals surface area contributed by atoms with Gasteiger partial charge in [-0.2, -0.15) is 0 Å². The average Bonchev–Trinajstić information content (AvgIpc) is 2.29. The van der Waals surface area contributed by atoms with Crippen molar-refractivity contribution in [3.63, 3.8) is 0 Å². The molecule has 82 valence electrons. The molecule has 2 heterocycles. The molecule has 1 atom stereocenters. The molecule has 1 saturated heterocycles. The summed E-state index contributed by atoms with van der Waals surface area (Å²) >= 11 is 5.89. The molecule has 1 aliphatic heterocycles. The average molecular weight is 227 g/mol. The van der Waals surface area contributed by atoms with Gasteiger partial charge >= 0.3 is 0 Å². The maximum absolute atomic E-state index is 5.89. The molecule has 0 unspecified atom stereocenters. The normalized spacial score (nSPS) is 21.3. The minimum atomic E-state index is 0.446. The Morgan fingerprint density at radius 1 is 1.60 bits per heavy atom. The highest BCUT2D eigenvalue weighted by atomic mass is 35.5. The van der Waals surface area contributed by atoms with E-state index in [0.717, 1.165) is 19.7 Å². The zero-order chi connectivity index (χ0) is 10.5. The quantitative estimate of drug-likeness (QED) is 0.802. The van der Waals surface area contributed by atoms with E-state index < -0.39 is 0 Å². The Labute approximate surface area is 94.8 Å². The fourth-order valence-corrected chi connectivity index (χ4v) is 1.93. The molecule has 2 rings (SSSR count). The van der Waals surface area contributed by atoms with E-state index in [-0.39, 0.29) is 0 Å². The number of pyridine rings is 1. The first kappa shape index (κ1) is 10.7. The third-order valence-electron chi connectivity index (χ3n) is 2.60. The van der Waals surface area contributed by atoms with Crippen molar-refractivity contribution in [1.29, 1.82) is 0 Å². The summed E-state index contributed by atoms with van der Waals surface area (Å²) in [6.45, 7) is 2.89. The summed E-state index contributed by atoms with van der Waals surface area (Å²) in [5.41, 5.74) is 0. The first-order valence-corrected chi connectivity index (χ1v) is 5.68. The lowest BCUT2D eigenvalue weighted by Crippen LogP contribution is -2.33. The summed E-state index contributed by atoms with van der Waals surface area (Å²) in [6.07, 6.45) is 4.12. The molecule has 0 aromatic carbocycles. The standard InChI is InChI=1S/C11H15ClN2O/c12-11-10(4-2-6-14-11)15-8-9-3-1-5-13-7-9/h2,4,6,9,13H,1,3,5,7-8H2/t9-/m1/s1. The number of hydrogen-bond acceptors (Lipinski definition) is 3. The second-order valence-electron chi connectivity index (χ2n) is 3.82. The van der Waals surface area contributed by atoms with Crippen molar-refractivity contribution in [3.8, 4) is 5.75 Å². The van der Waals surface area contributed by atoms with Crippen LogP contribution in [0.5, 0.6) is 5.75 Å². The molecule has 1 aliphatic rings. The Kier molecular flexibility index (Phi) is 3.80. The Balaban J connectivity index is 1.84. The number of nitrogens with zero attached hydrogens (tertiary/aromatic N) is 1. The van der Waals surface area contributed by atoms with E-state index in [2.05, 4.69) is 10.3 Å². The molecule has 0 aliphatic carbocycles. The van der Waals surface area contributed by atoms with Gasteiger partial charge in [0, 0.05) is 18.7 Å². The number of halogens is 1. The van der Waals surface area contributed by atoms with E-state index in [0.29, 0.717) is 16.8 Å². The number of nitrogens with one attached hydrogen (secondary N) is 1. The molecule has 1 N–H and O–H groups in total. The number of aromatic nitrogens is 1. The summed E-state index contributed by atoms with van der Waals surface area (Å²) < 4.78 is 5.64. The van der Waals surface area contributed by atoms with Crippen molar-refractivity contribution in [3.05, 3.63) is 23.5 Å². The van der Waals surface area contributed by atoms with Crippen LogP contribution in [0.1, 0.15) is 12.8 Å². The lowest BCUT2D eigenvalue weighted by Gasteiger charge is -2.22. The van der Waals surface area contributed by atoms with Crippen LogP contribution >= 0.6 is 11.6 Å². The van der Waals surface area contributed by atoms with E-state index in [9.17, 15) is 0 Å². The minimum absolute atomic E-state index is 0.446. The van der Waals surface area contributed by atoms with E-state index in [1.807, 2.05) is 12.1 Å². The van der Waals surface area contributed by atoms with Crippen LogP contribution in [0.3, 0.4) is 0 Å². The highest BCUT2D eigenvalue weighted by Crippen LogP contribution is 2.21. The summed E-state index contributed by atoms with van der Waals surface area (Å²) in [5.74, 6) is 1.28. The third kappa shape index (κ3) is 3.08. The predicted molar refractivity (Wildman–Crippen MR) is 60.3 cm³/mol. The molecule has 0 spiro atoms. The van der Waals surface area contributed by atoms with Crippen LogP contribution in [0.25, 0.3) is 0 Å². The molecule has 4 heteroatoms. The second kappa shape index (κ2) is 5.33. The topological polar surface area (TPSA) is 34.1 Å². The lowest BCUT2D eigenvalue weighted by atomic mass is 10.0. The van der Waals surface area contributed by atoms with Gasteiger partial charge in [0.15, 0.2) is 10.9 Å². The molecule has 1 aromatic rings. The van der Waals surface area contributed by atoms with Crippen molar-refractivity contribution in [2.45, 2.75) is 12.8 Å². The summed E-state index contributed by atoms with van der Waals surface area (Å²) in [7, 11) is 0. The third-order valence-corrected chi connectivity index (χ3v) is 2.88. The maximum atomic E-state index is 5.89. The molecule has 0 bridgehead atoms. The number of piperidine rings is 1. The molecular weight excluding hydrogens is 212 g/mol. The molecule has 1 fully saturated rings. The fourth-order valence-electron chi connectivity index (χ4n) is 1.75. The Morgan fingerprint density at radius 2 is 2.53 bits per heavy atom. The van der Waals surface area contributed by atoms with Gasteiger partial charge in [0.05, 0.1) is 6.61 Å². The monoisotopic (exact) mass is 226 g/mol. The van der Waals surface area contributed by atoms with Crippen molar-refractivity contribution < 1.29 is 4.74 Å². The number of rotatable bonds is 3. The van der Waals surface area contributed by atoms with E-state index >= 15 is 0 Å². The molecule has 0 radical (unpaired) electrons. The van der Waals surface area contributed by atoms with Gasteiger partial charge in [0.1, 0.15) is 0 Å². The zero-order valence-corrected chi connectivity index (χ0v) is 9.33. The van der Waals surface area contributed by atoms with Gasteiger partial charge < -0.3 is 10.1 Å². The highest BCUT2D eigenvalue weighted by Gasteiger charge is 2.14. The van der Waals surface area contributed by atoms with Gasteiger partial charge in [-0.05, 0) is 31.5 Å². The van der Waals surface area contributed by atoms with Gasteiger partial charge in [-0.3, -0.25) is 0 Å². The molecule has 0 amide bonds. The number of ether oxygens (including phenoxy) is 1. The van der Waals surface area contributed by atoms with Crippen molar-refractivity contribution >= 4 is 11.6 Å². The van der Waals surface area contributed by atoms with Gasteiger partial charge in [-0.1, -0.05) is 11.6 Å². The first-order valence-electron chi connectivity index (χ1n) is 5.30. The summed E-state index contributed by atoms with van der Waals surface area (Å²) in [4.78, 5) is 3.97. The summed E-state index contributed by atoms with van der Waals surface area (Å²) in [6, 6.07) is 3.69. The van der Waals surface area contributed by atoms with E-state index in [1.54, 1.807) is 6.20 Å². The smallest absolute Gasteiger partial charge is 0.171 e. The van der Waals surface area contributed by atoms with Crippen molar-refractivity contribution in [1.82, 2.24) is 10.3 Å². The van der Waals surface area contributed by atoms with Crippen molar-refractivity contribution in [2.24, 2.45) is 5.92 Å². The highest BCUT2D eigenvalue weighted by molar-refractivity contribution is 6.30. The minimum Gasteiger partial charge on any atom is -0.490 e. The molecule has 0 saturated carbocycles. The molecule has 1 aromatic heterocycles. The van der Waals surface area contributed by atoms with Gasteiger partial charge in [-0.15, -0.1) is 0 Å². The van der Waals surface area contributed by atoms with Gasteiger partial charge in [0.25, 0.3) is 0 Å². The van der Waals surface area contributed by atoms with E-state index in [4.69, 9.17) is 16.3 Å². The maximum Gasteiger partial charge on any atom is 0.171 e. The van der Waals surface area contributed by atoms with Gasteiger partial charge in [0.2, 0.25) is 0 Å². The summed E-state index contributed by atoms with van der Waals surface area (Å²) in [5, 5.41) is 3.80. The molecular formula is C11H15ClN2O. The largest absolute Gasteiger partial charge is 0.490 e. The van der Waals surface area contributed by atoms with Crippen LogP contribution in [-0.4, -0.2) is 24.7 Å². The second-order valence-corrected chi connectivity index (χ2v) is 4.17. The number of hydrogen-bond donors (Lipinski definition) is 1. The van der Waals surface area contributed by atoms with Crippen LogP contribution in [0.15, 0.2) is 18.3 Å². The van der Waals surface area contributed by atoms with Crippen LogP contribution in [-0.2, 0) is 0 Å².